The number of hydrogen-bond donors (Lipinski definition) is 1. The lowest BCUT2D eigenvalue weighted by Gasteiger charge is -2.00. The molecule has 0 aromatic heterocycles. The highest BCUT2D eigenvalue weighted by molar-refractivity contribution is 5.86. The van der Waals surface area contributed by atoms with Gasteiger partial charge in [-0.15, -0.1) is 0 Å². The number of ether oxygens (including phenoxy) is 1. The van der Waals surface area contributed by atoms with E-state index in [-0.39, 0.29) is 18.0 Å². The molecule has 0 fully saturated rings. The van der Waals surface area contributed by atoms with Crippen molar-refractivity contribution in [3.8, 4) is 0 Å². The molecule has 0 spiro atoms. The lowest BCUT2D eigenvalue weighted by Crippen LogP contribution is -2.19. The Kier molecular flexibility index (Phi) is 6.17. The predicted octanol–water partition coefficient (Wildman–Crippen LogP) is 1.47. The number of nitro benzene ring substituents is 1. The molecule has 0 bridgehead atoms. The van der Waals surface area contributed by atoms with Gasteiger partial charge in [0.2, 0.25) is 5.91 Å². The van der Waals surface area contributed by atoms with Crippen LogP contribution in [0.5, 0.6) is 0 Å². The summed E-state index contributed by atoms with van der Waals surface area (Å²) in [5.74, 6) is -0.303. The molecule has 0 unspecified atom stereocenters. The first kappa shape index (κ1) is 14.8. The summed E-state index contributed by atoms with van der Waals surface area (Å²) in [7, 11) is 0. The number of nitrogens with one attached hydrogen (secondary N) is 1. The first-order valence-electron chi connectivity index (χ1n) is 5.78. The zero-order valence-corrected chi connectivity index (χ0v) is 10.5. The third-order valence-corrected chi connectivity index (χ3v) is 2.20. The lowest BCUT2D eigenvalue weighted by molar-refractivity contribution is -0.385. The van der Waals surface area contributed by atoms with Gasteiger partial charge < -0.3 is 4.74 Å². The third kappa shape index (κ3) is 5.26. The van der Waals surface area contributed by atoms with Crippen molar-refractivity contribution in [2.24, 2.45) is 5.10 Å². The zero-order valence-electron chi connectivity index (χ0n) is 10.5. The second-order valence-electron chi connectivity index (χ2n) is 3.56. The van der Waals surface area contributed by atoms with Gasteiger partial charge in [-0.3, -0.25) is 14.9 Å². The molecule has 0 aliphatic heterocycles. The van der Waals surface area contributed by atoms with Crippen molar-refractivity contribution in [3.05, 3.63) is 39.9 Å². The third-order valence-electron chi connectivity index (χ3n) is 2.20. The number of hydrazone groups is 1. The Hall–Kier alpha value is -2.28. The number of carbonyl (C=O) groups is 1. The second kappa shape index (κ2) is 7.93. The highest BCUT2D eigenvalue weighted by Crippen LogP contribution is 2.14. The van der Waals surface area contributed by atoms with E-state index in [2.05, 4.69) is 10.5 Å². The normalized spacial score (nSPS) is 10.6. The van der Waals surface area contributed by atoms with Crippen LogP contribution in [0.3, 0.4) is 0 Å². The predicted molar refractivity (Wildman–Crippen MR) is 69.9 cm³/mol. The molecule has 0 heterocycles. The smallest absolute Gasteiger partial charge is 0.278 e. The van der Waals surface area contributed by atoms with Crippen molar-refractivity contribution in [1.82, 2.24) is 5.43 Å². The van der Waals surface area contributed by atoms with E-state index < -0.39 is 4.92 Å². The van der Waals surface area contributed by atoms with Crippen molar-refractivity contribution in [2.75, 3.05) is 13.2 Å². The molecule has 1 aromatic carbocycles. The second-order valence-corrected chi connectivity index (χ2v) is 3.56. The van der Waals surface area contributed by atoms with Crippen LogP contribution in [0.2, 0.25) is 0 Å². The average Bonchev–Trinajstić information content (AvgIpc) is 2.39. The van der Waals surface area contributed by atoms with Gasteiger partial charge in [0.15, 0.2) is 0 Å². The molecular weight excluding hydrogens is 250 g/mol. The molecule has 1 amide bonds. The summed E-state index contributed by atoms with van der Waals surface area (Å²) in [5.41, 5.74) is 2.55. The Balaban J connectivity index is 2.53. The van der Waals surface area contributed by atoms with Gasteiger partial charge in [0.25, 0.3) is 5.69 Å². The van der Waals surface area contributed by atoms with Gasteiger partial charge in [0, 0.05) is 12.7 Å². The van der Waals surface area contributed by atoms with Crippen LogP contribution in [0.25, 0.3) is 0 Å². The van der Waals surface area contributed by atoms with Gasteiger partial charge in [0.1, 0.15) is 0 Å². The van der Waals surface area contributed by atoms with E-state index in [0.29, 0.717) is 18.8 Å². The van der Waals surface area contributed by atoms with Crippen molar-refractivity contribution >= 4 is 17.8 Å². The van der Waals surface area contributed by atoms with Gasteiger partial charge in [-0.2, -0.15) is 5.10 Å². The van der Waals surface area contributed by atoms with Crippen molar-refractivity contribution in [2.45, 2.75) is 13.3 Å². The van der Waals surface area contributed by atoms with E-state index in [1.54, 1.807) is 18.2 Å². The molecule has 0 saturated carbocycles. The van der Waals surface area contributed by atoms with Crippen molar-refractivity contribution < 1.29 is 14.5 Å². The number of nitro groups is 1. The summed E-state index contributed by atoms with van der Waals surface area (Å²) in [6.07, 6.45) is 1.44. The minimum Gasteiger partial charge on any atom is -0.381 e. The maximum absolute atomic E-state index is 11.3. The highest BCUT2D eigenvalue weighted by Gasteiger charge is 2.09. The summed E-state index contributed by atoms with van der Waals surface area (Å²) in [6.45, 7) is 2.71. The van der Waals surface area contributed by atoms with Crippen LogP contribution >= 0.6 is 0 Å². The van der Waals surface area contributed by atoms with Crippen LogP contribution in [-0.2, 0) is 9.53 Å². The summed E-state index contributed by atoms with van der Waals surface area (Å²) in [4.78, 5) is 21.5. The Bertz CT molecular complexity index is 474. The highest BCUT2D eigenvalue weighted by atomic mass is 16.6. The molecule has 1 aromatic rings. The Morgan fingerprint density at radius 2 is 2.26 bits per heavy atom. The fourth-order valence-electron chi connectivity index (χ4n) is 1.30. The van der Waals surface area contributed by atoms with Gasteiger partial charge in [-0.1, -0.05) is 12.1 Å². The monoisotopic (exact) mass is 265 g/mol. The number of amides is 1. The van der Waals surface area contributed by atoms with Crippen LogP contribution in [0.1, 0.15) is 18.9 Å². The van der Waals surface area contributed by atoms with Crippen LogP contribution in [0.15, 0.2) is 29.4 Å². The minimum absolute atomic E-state index is 0.0604. The number of carbonyl (C=O) groups excluding carboxylic acids is 1. The average molecular weight is 265 g/mol. The molecular formula is C12H15N3O4. The van der Waals surface area contributed by atoms with Crippen LogP contribution in [-0.4, -0.2) is 30.3 Å². The maximum Gasteiger partial charge on any atom is 0.278 e. The van der Waals surface area contributed by atoms with E-state index in [1.807, 2.05) is 6.92 Å². The summed E-state index contributed by atoms with van der Waals surface area (Å²) >= 11 is 0. The van der Waals surface area contributed by atoms with Crippen LogP contribution in [0.4, 0.5) is 5.69 Å². The molecule has 19 heavy (non-hydrogen) atoms. The molecule has 0 radical (unpaired) electrons. The van der Waals surface area contributed by atoms with E-state index in [1.165, 1.54) is 12.3 Å². The van der Waals surface area contributed by atoms with Crippen LogP contribution in [0, 0.1) is 10.1 Å². The lowest BCUT2D eigenvalue weighted by atomic mass is 10.2. The minimum atomic E-state index is -0.502. The molecule has 0 aliphatic rings. The Morgan fingerprint density at radius 1 is 1.53 bits per heavy atom. The standard InChI is InChI=1S/C12H15N3O4/c1-2-19-8-7-12(16)14-13-9-10-5-3-4-6-11(10)15(17)18/h3-6,9H,2,7-8H2,1H3,(H,14,16)/b13-9+. The zero-order chi connectivity index (χ0) is 14.1. The Morgan fingerprint density at radius 3 is 2.95 bits per heavy atom. The van der Waals surface area contributed by atoms with Gasteiger partial charge in [-0.25, -0.2) is 5.43 Å². The van der Waals surface area contributed by atoms with Gasteiger partial charge in [0.05, 0.1) is 29.7 Å². The van der Waals surface area contributed by atoms with Crippen LogP contribution < -0.4 is 5.43 Å². The van der Waals surface area contributed by atoms with E-state index >= 15 is 0 Å². The van der Waals surface area contributed by atoms with Crippen molar-refractivity contribution in [3.63, 3.8) is 0 Å². The molecule has 102 valence electrons. The summed E-state index contributed by atoms with van der Waals surface area (Å²) < 4.78 is 5.02. The number of para-hydroxylation sites is 1. The van der Waals surface area contributed by atoms with Crippen molar-refractivity contribution in [1.29, 1.82) is 0 Å². The molecule has 1 N–H and O–H groups in total. The molecule has 0 atom stereocenters. The SMILES string of the molecule is CCOCCC(=O)N/N=C/c1ccccc1[N+](=O)[O-]. The molecule has 0 aliphatic carbocycles. The summed E-state index contributed by atoms with van der Waals surface area (Å²) in [6, 6.07) is 6.15. The molecule has 1 rings (SSSR count). The van der Waals surface area contributed by atoms with E-state index in [9.17, 15) is 14.9 Å². The molecule has 7 heteroatoms. The maximum atomic E-state index is 11.3. The first-order valence-corrected chi connectivity index (χ1v) is 5.78. The number of rotatable bonds is 7. The number of hydrogen-bond acceptors (Lipinski definition) is 5. The Labute approximate surface area is 110 Å². The quantitative estimate of drug-likeness (QED) is 0.349. The summed E-state index contributed by atoms with van der Waals surface area (Å²) in [5, 5.41) is 14.4. The first-order chi connectivity index (χ1) is 9.15. The van der Waals surface area contributed by atoms with E-state index in [4.69, 9.17) is 4.74 Å². The molecule has 0 saturated heterocycles. The van der Waals surface area contributed by atoms with Gasteiger partial charge >= 0.3 is 0 Å². The fourth-order valence-corrected chi connectivity index (χ4v) is 1.30. The topological polar surface area (TPSA) is 93.8 Å². The molecule has 7 nitrogen and oxygen atoms in total. The largest absolute Gasteiger partial charge is 0.381 e. The fraction of sp³-hybridized carbons (Fsp3) is 0.333. The number of benzene rings is 1. The van der Waals surface area contributed by atoms with Gasteiger partial charge in [-0.05, 0) is 13.0 Å². The number of nitrogens with zero attached hydrogens (tertiary/aromatic N) is 2. The van der Waals surface area contributed by atoms with E-state index in [0.717, 1.165) is 0 Å².